The molecule has 0 aromatic carbocycles. The summed E-state index contributed by atoms with van der Waals surface area (Å²) < 4.78 is 0. The van der Waals surface area contributed by atoms with Crippen LogP contribution in [0.5, 0.6) is 0 Å². The molecule has 3 nitrogen and oxygen atoms in total. The number of hydrogen-bond acceptors (Lipinski definition) is 3. The molecule has 116 valence electrons. The third-order valence-electron chi connectivity index (χ3n) is 6.38. The maximum Gasteiger partial charge on any atom is 0.0672 e. The van der Waals surface area contributed by atoms with E-state index in [1.165, 1.54) is 32.4 Å². The minimum atomic E-state index is -0.338. The molecule has 1 spiro atoms. The molecule has 0 aromatic rings. The van der Waals surface area contributed by atoms with E-state index < -0.39 is 0 Å². The fourth-order valence-electron chi connectivity index (χ4n) is 4.69. The van der Waals surface area contributed by atoms with Gasteiger partial charge in [0, 0.05) is 25.0 Å². The van der Waals surface area contributed by atoms with E-state index in [9.17, 15) is 5.11 Å². The summed E-state index contributed by atoms with van der Waals surface area (Å²) >= 11 is 0. The molecule has 1 aliphatic carbocycles. The highest BCUT2D eigenvalue weighted by atomic mass is 16.3. The minimum absolute atomic E-state index is 0.338. The van der Waals surface area contributed by atoms with Gasteiger partial charge in [-0.05, 0) is 57.0 Å². The van der Waals surface area contributed by atoms with Gasteiger partial charge in [0.05, 0.1) is 5.60 Å². The van der Waals surface area contributed by atoms with Gasteiger partial charge in [-0.1, -0.05) is 20.3 Å². The zero-order valence-corrected chi connectivity index (χ0v) is 13.3. The van der Waals surface area contributed by atoms with Crippen molar-refractivity contribution in [1.82, 2.24) is 10.2 Å². The van der Waals surface area contributed by atoms with E-state index in [0.717, 1.165) is 50.7 Å². The fourth-order valence-corrected chi connectivity index (χ4v) is 4.69. The molecule has 3 rings (SSSR count). The lowest BCUT2D eigenvalue weighted by Gasteiger charge is -2.59. The molecule has 2 aliphatic heterocycles. The van der Waals surface area contributed by atoms with Crippen molar-refractivity contribution in [3.05, 3.63) is 0 Å². The molecule has 3 heteroatoms. The Hall–Kier alpha value is -0.120. The van der Waals surface area contributed by atoms with Crippen LogP contribution in [0, 0.1) is 17.3 Å². The molecular formula is C17H32N2O. The zero-order valence-electron chi connectivity index (χ0n) is 13.3. The van der Waals surface area contributed by atoms with Gasteiger partial charge in [-0.25, -0.2) is 0 Å². The smallest absolute Gasteiger partial charge is 0.0672 e. The molecule has 2 N–H and O–H groups in total. The first-order chi connectivity index (χ1) is 9.54. The summed E-state index contributed by atoms with van der Waals surface area (Å²) in [6, 6.07) is 0. The van der Waals surface area contributed by atoms with Crippen molar-refractivity contribution < 1.29 is 5.11 Å². The second-order valence-electron chi connectivity index (χ2n) is 8.00. The van der Waals surface area contributed by atoms with E-state index in [-0.39, 0.29) is 5.60 Å². The molecular weight excluding hydrogens is 248 g/mol. The lowest BCUT2D eigenvalue weighted by atomic mass is 9.55. The van der Waals surface area contributed by atoms with E-state index in [1.54, 1.807) is 0 Å². The number of rotatable bonds is 5. The number of piperidine rings is 1. The van der Waals surface area contributed by atoms with Gasteiger partial charge in [0.2, 0.25) is 0 Å². The molecule has 0 aromatic heterocycles. The Labute approximate surface area is 124 Å². The van der Waals surface area contributed by atoms with Gasteiger partial charge in [-0.3, -0.25) is 0 Å². The van der Waals surface area contributed by atoms with Crippen LogP contribution >= 0.6 is 0 Å². The minimum Gasteiger partial charge on any atom is -0.390 e. The number of nitrogens with zero attached hydrogens (tertiary/aromatic N) is 1. The molecule has 0 amide bonds. The number of likely N-dealkylation sites (tertiary alicyclic amines) is 1. The van der Waals surface area contributed by atoms with Crippen molar-refractivity contribution in [2.45, 2.75) is 58.0 Å². The van der Waals surface area contributed by atoms with Crippen molar-refractivity contribution >= 4 is 0 Å². The van der Waals surface area contributed by atoms with Gasteiger partial charge in [-0.15, -0.1) is 0 Å². The molecule has 0 bridgehead atoms. The maximum absolute atomic E-state index is 10.6. The highest BCUT2D eigenvalue weighted by molar-refractivity contribution is 5.10. The first-order valence-corrected chi connectivity index (χ1v) is 8.70. The predicted molar refractivity (Wildman–Crippen MR) is 82.7 cm³/mol. The van der Waals surface area contributed by atoms with Crippen LogP contribution in [0.4, 0.5) is 0 Å². The number of nitrogens with one attached hydrogen (secondary N) is 1. The van der Waals surface area contributed by atoms with E-state index in [1.807, 2.05) is 0 Å². The fraction of sp³-hybridized carbons (Fsp3) is 1.00. The van der Waals surface area contributed by atoms with E-state index >= 15 is 0 Å². The Bertz CT molecular complexity index is 324. The van der Waals surface area contributed by atoms with Gasteiger partial charge in [0.25, 0.3) is 0 Å². The average Bonchev–Trinajstić information content (AvgIpc) is 2.40. The van der Waals surface area contributed by atoms with Crippen molar-refractivity contribution in [2.75, 3.05) is 32.7 Å². The normalized spacial score (nSPS) is 30.8. The highest BCUT2D eigenvalue weighted by Gasteiger charge is 2.56. The van der Waals surface area contributed by atoms with E-state index in [4.69, 9.17) is 0 Å². The molecule has 1 unspecified atom stereocenters. The van der Waals surface area contributed by atoms with Crippen LogP contribution in [0.1, 0.15) is 52.4 Å². The SMILES string of the molecule is CCC(C)C1CCN(CCC2(O)CC3(CNC3)C2)CC1. The average molecular weight is 280 g/mol. The quantitative estimate of drug-likeness (QED) is 0.811. The summed E-state index contributed by atoms with van der Waals surface area (Å²) in [5.41, 5.74) is 0.147. The Kier molecular flexibility index (Phi) is 4.13. The zero-order chi connectivity index (χ0) is 14.2. The molecule has 1 atom stereocenters. The predicted octanol–water partition coefficient (Wildman–Crippen LogP) is 2.25. The summed E-state index contributed by atoms with van der Waals surface area (Å²) in [4.78, 5) is 2.58. The van der Waals surface area contributed by atoms with Gasteiger partial charge >= 0.3 is 0 Å². The summed E-state index contributed by atoms with van der Waals surface area (Å²) in [5.74, 6) is 1.83. The van der Waals surface area contributed by atoms with Gasteiger partial charge in [-0.2, -0.15) is 0 Å². The third kappa shape index (κ3) is 2.90. The monoisotopic (exact) mass is 280 g/mol. The van der Waals surface area contributed by atoms with Gasteiger partial charge in [0.15, 0.2) is 0 Å². The van der Waals surface area contributed by atoms with E-state index in [2.05, 4.69) is 24.1 Å². The number of hydrogen-bond donors (Lipinski definition) is 2. The topological polar surface area (TPSA) is 35.5 Å². The van der Waals surface area contributed by atoms with Crippen molar-refractivity contribution in [3.8, 4) is 0 Å². The third-order valence-corrected chi connectivity index (χ3v) is 6.38. The van der Waals surface area contributed by atoms with Crippen LogP contribution in [-0.2, 0) is 0 Å². The summed E-state index contributed by atoms with van der Waals surface area (Å²) in [6.45, 7) is 10.6. The van der Waals surface area contributed by atoms with Crippen LogP contribution in [0.15, 0.2) is 0 Å². The van der Waals surface area contributed by atoms with Gasteiger partial charge < -0.3 is 15.3 Å². The van der Waals surface area contributed by atoms with Crippen molar-refractivity contribution in [1.29, 1.82) is 0 Å². The highest BCUT2D eigenvalue weighted by Crippen LogP contribution is 2.52. The first kappa shape index (κ1) is 14.8. The molecule has 2 saturated heterocycles. The second kappa shape index (κ2) is 5.58. The second-order valence-corrected chi connectivity index (χ2v) is 8.00. The van der Waals surface area contributed by atoms with Crippen molar-refractivity contribution in [3.63, 3.8) is 0 Å². The largest absolute Gasteiger partial charge is 0.390 e. The molecule has 1 saturated carbocycles. The Morgan fingerprint density at radius 3 is 2.40 bits per heavy atom. The van der Waals surface area contributed by atoms with Crippen LogP contribution in [0.3, 0.4) is 0 Å². The maximum atomic E-state index is 10.6. The van der Waals surface area contributed by atoms with Crippen LogP contribution in [0.2, 0.25) is 0 Å². The molecule has 2 heterocycles. The Morgan fingerprint density at radius 1 is 1.25 bits per heavy atom. The van der Waals surface area contributed by atoms with Crippen LogP contribution in [0.25, 0.3) is 0 Å². The summed E-state index contributed by atoms with van der Waals surface area (Å²) in [6.07, 6.45) is 7.11. The Morgan fingerprint density at radius 2 is 1.90 bits per heavy atom. The Balaban J connectivity index is 1.36. The first-order valence-electron chi connectivity index (χ1n) is 8.70. The lowest BCUT2D eigenvalue weighted by Crippen LogP contribution is -2.67. The molecule has 3 fully saturated rings. The lowest BCUT2D eigenvalue weighted by molar-refractivity contribution is -0.155. The molecule has 0 radical (unpaired) electrons. The number of aliphatic hydroxyl groups is 1. The van der Waals surface area contributed by atoms with Crippen molar-refractivity contribution in [2.24, 2.45) is 17.3 Å². The standard InChI is InChI=1S/C17H32N2O/c1-3-14(2)15-4-7-19(8-5-15)9-6-17(20)10-16(11-17)12-18-13-16/h14-15,18,20H,3-13H2,1-2H3. The molecule has 3 aliphatic rings. The molecule has 20 heavy (non-hydrogen) atoms. The van der Waals surface area contributed by atoms with Gasteiger partial charge in [0.1, 0.15) is 0 Å². The summed E-state index contributed by atoms with van der Waals surface area (Å²) in [7, 11) is 0. The van der Waals surface area contributed by atoms with Crippen LogP contribution in [-0.4, -0.2) is 48.3 Å². The summed E-state index contributed by atoms with van der Waals surface area (Å²) in [5, 5.41) is 13.9. The van der Waals surface area contributed by atoms with E-state index in [0.29, 0.717) is 5.41 Å². The van der Waals surface area contributed by atoms with Crippen LogP contribution < -0.4 is 5.32 Å².